The van der Waals surface area contributed by atoms with Gasteiger partial charge in [-0.1, -0.05) is 0 Å². The molecule has 0 unspecified atom stereocenters. The molecule has 0 saturated carbocycles. The Morgan fingerprint density at radius 3 is 2.91 bits per heavy atom. The summed E-state index contributed by atoms with van der Waals surface area (Å²) in [5.41, 5.74) is 1.12. The van der Waals surface area contributed by atoms with E-state index >= 15 is 0 Å². The number of nitrogens with zero attached hydrogens (tertiary/aromatic N) is 2. The third-order valence-electron chi connectivity index (χ3n) is 3.02. The van der Waals surface area contributed by atoms with E-state index in [9.17, 15) is 14.9 Å². The molecule has 116 valence electrons. The molecule has 8 nitrogen and oxygen atoms in total. The molecule has 0 atom stereocenters. The highest BCUT2D eigenvalue weighted by Crippen LogP contribution is 2.21. The SMILES string of the molecule is Cc1ccoc1C(=O)NCCCNc1ccncc1[N+](=O)[O-]. The van der Waals surface area contributed by atoms with Crippen molar-refractivity contribution in [3.63, 3.8) is 0 Å². The maximum absolute atomic E-state index is 11.8. The predicted molar refractivity (Wildman–Crippen MR) is 79.8 cm³/mol. The molecule has 0 saturated heterocycles. The Hall–Kier alpha value is -2.90. The van der Waals surface area contributed by atoms with Crippen LogP contribution in [0.5, 0.6) is 0 Å². The van der Waals surface area contributed by atoms with Crippen LogP contribution in [0.25, 0.3) is 0 Å². The second kappa shape index (κ2) is 7.21. The van der Waals surface area contributed by atoms with Crippen molar-refractivity contribution in [2.75, 3.05) is 18.4 Å². The average molecular weight is 304 g/mol. The summed E-state index contributed by atoms with van der Waals surface area (Å²) in [6.45, 7) is 2.72. The monoisotopic (exact) mass is 304 g/mol. The third-order valence-corrected chi connectivity index (χ3v) is 3.02. The first-order valence-electron chi connectivity index (χ1n) is 6.74. The number of hydrogen-bond donors (Lipinski definition) is 2. The van der Waals surface area contributed by atoms with Gasteiger partial charge in [0.1, 0.15) is 11.9 Å². The van der Waals surface area contributed by atoms with Crippen LogP contribution in [-0.2, 0) is 0 Å². The Bertz CT molecular complexity index is 668. The van der Waals surface area contributed by atoms with Gasteiger partial charge in [-0.25, -0.2) is 0 Å². The largest absolute Gasteiger partial charge is 0.459 e. The van der Waals surface area contributed by atoms with E-state index in [1.54, 1.807) is 19.1 Å². The maximum atomic E-state index is 11.8. The fraction of sp³-hybridized carbons (Fsp3) is 0.286. The lowest BCUT2D eigenvalue weighted by Crippen LogP contribution is -2.26. The zero-order valence-corrected chi connectivity index (χ0v) is 12.0. The Balaban J connectivity index is 1.75. The van der Waals surface area contributed by atoms with Crippen LogP contribution in [0.2, 0.25) is 0 Å². The Kier molecular flexibility index (Phi) is 5.07. The number of carbonyl (C=O) groups is 1. The highest BCUT2D eigenvalue weighted by molar-refractivity contribution is 5.92. The summed E-state index contributed by atoms with van der Waals surface area (Å²) in [5.74, 6) is 0.0372. The number of anilines is 1. The van der Waals surface area contributed by atoms with Crippen LogP contribution in [0.15, 0.2) is 35.2 Å². The zero-order valence-electron chi connectivity index (χ0n) is 12.0. The van der Waals surface area contributed by atoms with Gasteiger partial charge in [-0.15, -0.1) is 0 Å². The van der Waals surface area contributed by atoms with Gasteiger partial charge in [-0.2, -0.15) is 0 Å². The number of rotatable bonds is 7. The number of aryl methyl sites for hydroxylation is 1. The van der Waals surface area contributed by atoms with E-state index in [2.05, 4.69) is 15.6 Å². The number of nitrogens with one attached hydrogen (secondary N) is 2. The smallest absolute Gasteiger partial charge is 0.310 e. The summed E-state index contributed by atoms with van der Waals surface area (Å²) in [7, 11) is 0. The zero-order chi connectivity index (χ0) is 15.9. The standard InChI is InChI=1S/C14H16N4O4/c1-10-4-8-22-13(10)14(19)17-6-2-5-16-11-3-7-15-9-12(11)18(20)21/h3-4,7-9H,2,5-6H2,1H3,(H,15,16)(H,17,19). The van der Waals surface area contributed by atoms with Gasteiger partial charge < -0.3 is 15.1 Å². The first kappa shape index (κ1) is 15.5. The number of pyridine rings is 1. The quantitative estimate of drug-likeness (QED) is 0.460. The Morgan fingerprint density at radius 2 is 2.23 bits per heavy atom. The van der Waals surface area contributed by atoms with Crippen molar-refractivity contribution in [3.05, 3.63) is 52.2 Å². The second-order valence-corrected chi connectivity index (χ2v) is 4.62. The molecule has 8 heteroatoms. The van der Waals surface area contributed by atoms with E-state index in [4.69, 9.17) is 4.42 Å². The maximum Gasteiger partial charge on any atom is 0.310 e. The second-order valence-electron chi connectivity index (χ2n) is 4.62. The van der Waals surface area contributed by atoms with Crippen LogP contribution >= 0.6 is 0 Å². The minimum Gasteiger partial charge on any atom is -0.459 e. The Labute approximate surface area is 126 Å². The first-order chi connectivity index (χ1) is 10.6. The summed E-state index contributed by atoms with van der Waals surface area (Å²) in [6.07, 6.45) is 4.76. The van der Waals surface area contributed by atoms with Crippen molar-refractivity contribution >= 4 is 17.3 Å². The molecule has 2 heterocycles. The lowest BCUT2D eigenvalue weighted by atomic mass is 10.2. The molecule has 0 aliphatic carbocycles. The number of hydrogen-bond acceptors (Lipinski definition) is 6. The van der Waals surface area contributed by atoms with Crippen molar-refractivity contribution in [3.8, 4) is 0 Å². The van der Waals surface area contributed by atoms with Gasteiger partial charge in [0.05, 0.1) is 11.2 Å². The van der Waals surface area contributed by atoms with E-state index in [0.29, 0.717) is 31.0 Å². The average Bonchev–Trinajstić information content (AvgIpc) is 2.93. The van der Waals surface area contributed by atoms with E-state index in [1.165, 1.54) is 18.7 Å². The summed E-state index contributed by atoms with van der Waals surface area (Å²) in [6, 6.07) is 3.27. The van der Waals surface area contributed by atoms with Gasteiger partial charge in [0, 0.05) is 24.8 Å². The fourth-order valence-electron chi connectivity index (χ4n) is 1.88. The molecule has 0 radical (unpaired) electrons. The van der Waals surface area contributed by atoms with Crippen LogP contribution in [0, 0.1) is 17.0 Å². The molecule has 0 spiro atoms. The number of nitro groups is 1. The van der Waals surface area contributed by atoms with Crippen LogP contribution in [0.3, 0.4) is 0 Å². The molecule has 0 fully saturated rings. The van der Waals surface area contributed by atoms with Gasteiger partial charge in [0.2, 0.25) is 0 Å². The van der Waals surface area contributed by atoms with Gasteiger partial charge in [0.25, 0.3) is 5.91 Å². The van der Waals surface area contributed by atoms with Gasteiger partial charge >= 0.3 is 5.69 Å². The van der Waals surface area contributed by atoms with Crippen LogP contribution < -0.4 is 10.6 Å². The Morgan fingerprint density at radius 1 is 1.41 bits per heavy atom. The van der Waals surface area contributed by atoms with Gasteiger partial charge in [-0.3, -0.25) is 19.9 Å². The van der Waals surface area contributed by atoms with Crippen molar-refractivity contribution in [2.24, 2.45) is 0 Å². The van der Waals surface area contributed by atoms with Crippen LogP contribution in [-0.4, -0.2) is 28.9 Å². The molecule has 2 aromatic heterocycles. The summed E-state index contributed by atoms with van der Waals surface area (Å²) in [4.78, 5) is 25.8. The van der Waals surface area contributed by atoms with Crippen LogP contribution in [0.1, 0.15) is 22.5 Å². The topological polar surface area (TPSA) is 110 Å². The molecule has 0 aliphatic heterocycles. The van der Waals surface area contributed by atoms with E-state index in [-0.39, 0.29) is 11.6 Å². The van der Waals surface area contributed by atoms with Gasteiger partial charge in [-0.05, 0) is 25.5 Å². The van der Waals surface area contributed by atoms with Crippen molar-refractivity contribution in [1.29, 1.82) is 0 Å². The number of amides is 1. The molecule has 22 heavy (non-hydrogen) atoms. The molecule has 2 rings (SSSR count). The van der Waals surface area contributed by atoms with E-state index in [1.807, 2.05) is 0 Å². The van der Waals surface area contributed by atoms with Gasteiger partial charge in [0.15, 0.2) is 5.76 Å². The molecule has 2 N–H and O–H groups in total. The molecule has 0 bridgehead atoms. The molecule has 0 aliphatic rings. The summed E-state index contributed by atoms with van der Waals surface area (Å²) < 4.78 is 5.08. The predicted octanol–water partition coefficient (Wildman–Crippen LogP) is 2.12. The first-order valence-corrected chi connectivity index (χ1v) is 6.74. The van der Waals surface area contributed by atoms with Crippen molar-refractivity contribution < 1.29 is 14.1 Å². The lowest BCUT2D eigenvalue weighted by Gasteiger charge is -2.07. The lowest BCUT2D eigenvalue weighted by molar-refractivity contribution is -0.384. The highest BCUT2D eigenvalue weighted by atomic mass is 16.6. The van der Waals surface area contributed by atoms with Crippen molar-refractivity contribution in [1.82, 2.24) is 10.3 Å². The minimum absolute atomic E-state index is 0.0715. The highest BCUT2D eigenvalue weighted by Gasteiger charge is 2.13. The molecule has 0 aromatic carbocycles. The normalized spacial score (nSPS) is 10.2. The van der Waals surface area contributed by atoms with E-state index in [0.717, 1.165) is 5.56 Å². The number of aromatic nitrogens is 1. The van der Waals surface area contributed by atoms with Crippen LogP contribution in [0.4, 0.5) is 11.4 Å². The number of carbonyl (C=O) groups excluding carboxylic acids is 1. The molecule has 2 aromatic rings. The minimum atomic E-state index is -0.489. The third kappa shape index (κ3) is 3.81. The summed E-state index contributed by atoms with van der Waals surface area (Å²) >= 11 is 0. The molecule has 1 amide bonds. The number of furan rings is 1. The van der Waals surface area contributed by atoms with Crippen molar-refractivity contribution in [2.45, 2.75) is 13.3 Å². The van der Waals surface area contributed by atoms with E-state index < -0.39 is 4.92 Å². The fourth-order valence-corrected chi connectivity index (χ4v) is 1.88. The molecular formula is C14H16N4O4. The summed E-state index contributed by atoms with van der Waals surface area (Å²) in [5, 5.41) is 16.5. The molecular weight excluding hydrogens is 288 g/mol.